The van der Waals surface area contributed by atoms with Gasteiger partial charge < -0.3 is 14.7 Å². The normalized spacial score (nSPS) is 32.0. The van der Waals surface area contributed by atoms with Crippen molar-refractivity contribution in [3.05, 3.63) is 70.3 Å². The second kappa shape index (κ2) is 11.5. The molecule has 1 spiro atoms. The molecule has 1 amide bonds. The van der Waals surface area contributed by atoms with E-state index in [1.165, 1.54) is 11.1 Å². The molecule has 0 saturated carbocycles. The lowest BCUT2D eigenvalue weighted by molar-refractivity contribution is 0.0374. The first kappa shape index (κ1) is 29.5. The number of aliphatic hydroxyl groups excluding tert-OH is 1. The van der Waals surface area contributed by atoms with Crippen LogP contribution in [0.2, 0.25) is 5.02 Å². The third kappa shape index (κ3) is 5.45. The zero-order valence-corrected chi connectivity index (χ0v) is 25.8. The van der Waals surface area contributed by atoms with E-state index >= 15 is 0 Å². The van der Waals surface area contributed by atoms with Gasteiger partial charge in [-0.05, 0) is 86.4 Å². The molecule has 2 N–H and O–H groups in total. The zero-order valence-electron chi connectivity index (χ0n) is 24.3. The molecule has 2 aromatic carbocycles. The van der Waals surface area contributed by atoms with E-state index in [1.54, 1.807) is 25.1 Å². The number of aliphatic hydroxyl groups is 1. The maximum Gasteiger partial charge on any atom is 0.264 e. The van der Waals surface area contributed by atoms with E-state index in [-0.39, 0.29) is 35.6 Å². The molecule has 3 aliphatic heterocycles. The van der Waals surface area contributed by atoms with E-state index < -0.39 is 21.2 Å². The van der Waals surface area contributed by atoms with Gasteiger partial charge >= 0.3 is 0 Å². The third-order valence-corrected chi connectivity index (χ3v) is 12.1. The van der Waals surface area contributed by atoms with Crippen molar-refractivity contribution in [1.82, 2.24) is 9.62 Å². The van der Waals surface area contributed by atoms with E-state index in [4.69, 9.17) is 16.3 Å². The number of ether oxygens (including phenoxy) is 1. The Bertz CT molecular complexity index is 1500. The number of allylic oxidation sites excluding steroid dienone is 1. The van der Waals surface area contributed by atoms with Crippen LogP contribution in [0.25, 0.3) is 0 Å². The van der Waals surface area contributed by atoms with Gasteiger partial charge in [-0.25, -0.2) is 13.1 Å². The van der Waals surface area contributed by atoms with Gasteiger partial charge in [-0.15, -0.1) is 0 Å². The van der Waals surface area contributed by atoms with Crippen LogP contribution in [-0.2, 0) is 21.9 Å². The number of nitrogens with one attached hydrogen (secondary N) is 1. The number of amides is 1. The molecule has 1 unspecified atom stereocenters. The van der Waals surface area contributed by atoms with Gasteiger partial charge in [0.15, 0.2) is 0 Å². The number of nitrogens with zero attached hydrogens (tertiary/aromatic N) is 2. The van der Waals surface area contributed by atoms with E-state index in [0.29, 0.717) is 31.9 Å². The predicted octanol–water partition coefficient (Wildman–Crippen LogP) is 4.29. The number of carbonyl (C=O) groups excluding carboxylic acids is 1. The van der Waals surface area contributed by atoms with Crippen LogP contribution in [0.5, 0.6) is 5.75 Å². The summed E-state index contributed by atoms with van der Waals surface area (Å²) in [6.45, 7) is 6.26. The van der Waals surface area contributed by atoms with Crippen LogP contribution in [0.1, 0.15) is 61.0 Å². The fourth-order valence-corrected chi connectivity index (χ4v) is 8.59. The highest BCUT2D eigenvalue weighted by Crippen LogP contribution is 2.45. The van der Waals surface area contributed by atoms with Gasteiger partial charge in [-0.2, -0.15) is 0 Å². The molecule has 42 heavy (non-hydrogen) atoms. The Morgan fingerprint density at radius 2 is 2.02 bits per heavy atom. The smallest absolute Gasteiger partial charge is 0.264 e. The lowest BCUT2D eigenvalue weighted by Gasteiger charge is -2.48. The highest BCUT2D eigenvalue weighted by atomic mass is 35.5. The average molecular weight is 614 g/mol. The van der Waals surface area contributed by atoms with Crippen LogP contribution in [0.4, 0.5) is 5.69 Å². The first-order valence-corrected chi connectivity index (χ1v) is 16.9. The number of fused-ring (bicyclic) bond motifs is 4. The molecule has 10 heteroatoms. The Morgan fingerprint density at radius 3 is 2.79 bits per heavy atom. The summed E-state index contributed by atoms with van der Waals surface area (Å²) in [6, 6.07) is 11.4. The summed E-state index contributed by atoms with van der Waals surface area (Å²) in [7, 11) is -3.91. The van der Waals surface area contributed by atoms with Crippen molar-refractivity contribution < 1.29 is 23.1 Å². The highest BCUT2D eigenvalue weighted by Gasteiger charge is 2.44. The van der Waals surface area contributed by atoms with E-state index in [2.05, 4.69) is 26.7 Å². The minimum absolute atomic E-state index is 0.00674. The summed E-state index contributed by atoms with van der Waals surface area (Å²) >= 11 is 6.39. The molecule has 1 fully saturated rings. The average Bonchev–Trinajstić information content (AvgIpc) is 3.10. The van der Waals surface area contributed by atoms with E-state index in [1.807, 2.05) is 25.1 Å². The molecule has 226 valence electrons. The fourth-order valence-electron chi connectivity index (χ4n) is 7.11. The van der Waals surface area contributed by atoms with Crippen molar-refractivity contribution in [2.45, 2.75) is 68.7 Å². The second-order valence-electron chi connectivity index (χ2n) is 12.5. The number of sulfonamides is 1. The van der Waals surface area contributed by atoms with Gasteiger partial charge in [0, 0.05) is 41.7 Å². The van der Waals surface area contributed by atoms with Crippen LogP contribution in [0.15, 0.2) is 48.6 Å². The van der Waals surface area contributed by atoms with Crippen molar-refractivity contribution in [2.24, 2.45) is 5.92 Å². The van der Waals surface area contributed by atoms with Crippen LogP contribution in [0.3, 0.4) is 0 Å². The summed E-state index contributed by atoms with van der Waals surface area (Å²) in [5.41, 5.74) is 3.31. The third-order valence-electron chi connectivity index (χ3n) is 9.92. The molecule has 8 nitrogen and oxygen atoms in total. The first-order valence-electron chi connectivity index (χ1n) is 15.0. The number of rotatable bonds is 1. The molecular formula is C32H40ClN3O5S. The summed E-state index contributed by atoms with van der Waals surface area (Å²) in [4.78, 5) is 18.0. The number of hydrogen-bond donors (Lipinski definition) is 2. The summed E-state index contributed by atoms with van der Waals surface area (Å²) in [5.74, 6) is -0.173. The van der Waals surface area contributed by atoms with Crippen molar-refractivity contribution >= 4 is 33.2 Å². The van der Waals surface area contributed by atoms with Crippen LogP contribution < -0.4 is 14.4 Å². The quantitative estimate of drug-likeness (QED) is 0.463. The number of halogens is 1. The van der Waals surface area contributed by atoms with E-state index in [0.717, 1.165) is 42.9 Å². The monoisotopic (exact) mass is 613 g/mol. The molecule has 1 saturated heterocycles. The molecule has 3 heterocycles. The Kier molecular flexibility index (Phi) is 8.06. The Balaban J connectivity index is 1.43. The molecule has 2 bridgehead atoms. The Morgan fingerprint density at radius 1 is 1.19 bits per heavy atom. The van der Waals surface area contributed by atoms with Crippen LogP contribution in [-0.4, -0.2) is 74.5 Å². The molecule has 0 aromatic heterocycles. The molecule has 6 rings (SSSR count). The highest BCUT2D eigenvalue weighted by molar-refractivity contribution is 7.90. The van der Waals surface area contributed by atoms with E-state index in [9.17, 15) is 18.3 Å². The molecular weight excluding hydrogens is 574 g/mol. The Hall–Kier alpha value is -2.59. The Labute approximate surface area is 253 Å². The van der Waals surface area contributed by atoms with Gasteiger partial charge in [-0.3, -0.25) is 9.69 Å². The number of benzene rings is 2. The lowest BCUT2D eigenvalue weighted by atomic mass is 9.70. The standard InChI is InChI=1S/C32H40ClN3O5S/c1-21-5-3-7-27(18-37)36-14-12-26(36)17-35-19-32(13-4-6-23-15-25(33)9-10-28(23)32)20-41-30-11-8-24(16-29(30)35)31(38)34-42(39,40)22(21)2/h3,7-11,15-16,21-22,26-27,37H,4-6,12-14,17-20H2,1-2H3,(H,34,38)/b7-3+/t21-,22+,26-,27?,32-/m0/s1. The fraction of sp³-hybridized carbons (Fsp3) is 0.531. The van der Waals surface area contributed by atoms with Crippen molar-refractivity contribution in [2.75, 3.05) is 37.7 Å². The summed E-state index contributed by atoms with van der Waals surface area (Å²) in [5, 5.41) is 10.3. The SMILES string of the molecule is C[C@@H]1[C@@H](C)C/C=C/C(CO)N2CC[C@H]2CN2C[C@@]3(CCCc4cc(Cl)ccc43)COc3ccc(cc32)C(=O)NS1(=O)=O. The largest absolute Gasteiger partial charge is 0.490 e. The lowest BCUT2D eigenvalue weighted by Crippen LogP contribution is -2.59. The van der Waals surface area contributed by atoms with Gasteiger partial charge in [0.2, 0.25) is 10.0 Å². The van der Waals surface area contributed by atoms with Gasteiger partial charge in [0.25, 0.3) is 5.91 Å². The number of carbonyl (C=O) groups is 1. The van der Waals surface area contributed by atoms with Crippen molar-refractivity contribution in [1.29, 1.82) is 0 Å². The summed E-state index contributed by atoms with van der Waals surface area (Å²) < 4.78 is 35.2. The van der Waals surface area contributed by atoms with Gasteiger partial charge in [0.1, 0.15) is 5.75 Å². The number of aryl methyl sites for hydroxylation is 1. The molecule has 1 aliphatic carbocycles. The minimum atomic E-state index is -3.91. The summed E-state index contributed by atoms with van der Waals surface area (Å²) in [6.07, 6.45) is 8.47. The minimum Gasteiger partial charge on any atom is -0.490 e. The molecule has 4 aliphatic rings. The number of hydrogen-bond acceptors (Lipinski definition) is 7. The van der Waals surface area contributed by atoms with Gasteiger partial charge in [-0.1, -0.05) is 36.7 Å². The molecule has 2 aromatic rings. The van der Waals surface area contributed by atoms with Crippen LogP contribution >= 0.6 is 11.6 Å². The van der Waals surface area contributed by atoms with Gasteiger partial charge in [0.05, 0.1) is 30.2 Å². The van der Waals surface area contributed by atoms with Crippen LogP contribution in [0, 0.1) is 5.92 Å². The van der Waals surface area contributed by atoms with Crippen molar-refractivity contribution in [3.8, 4) is 5.75 Å². The molecule has 0 radical (unpaired) electrons. The van der Waals surface area contributed by atoms with Crippen molar-refractivity contribution in [3.63, 3.8) is 0 Å². The zero-order chi connectivity index (χ0) is 29.6. The maximum atomic E-state index is 13.3. The molecule has 5 atom stereocenters. The maximum absolute atomic E-state index is 13.3. The first-order chi connectivity index (χ1) is 20.1. The number of anilines is 1. The topological polar surface area (TPSA) is 99.2 Å². The predicted molar refractivity (Wildman–Crippen MR) is 165 cm³/mol. The second-order valence-corrected chi connectivity index (χ2v) is 15.0.